The molecule has 1 nitrogen and oxygen atoms in total. The highest BCUT2D eigenvalue weighted by molar-refractivity contribution is 7.99. The Hall–Kier alpha value is -1.32. The van der Waals surface area contributed by atoms with E-state index >= 15 is 0 Å². The standard InChI is InChI=1S/C18H20FNS/c1-20-11-13(15-6-2-4-8-17(15)19)10-14-12-21-18-9-5-3-7-16(14)18/h2-9,13-14,20H,10-12H2,1H3. The number of hydrogen-bond donors (Lipinski definition) is 1. The first-order valence-electron chi connectivity index (χ1n) is 7.40. The molecule has 3 rings (SSSR count). The van der Waals surface area contributed by atoms with Gasteiger partial charge in [-0.1, -0.05) is 36.4 Å². The van der Waals surface area contributed by atoms with Crippen molar-refractivity contribution in [1.82, 2.24) is 5.32 Å². The van der Waals surface area contributed by atoms with Crippen LogP contribution in [0, 0.1) is 5.82 Å². The van der Waals surface area contributed by atoms with Crippen molar-refractivity contribution < 1.29 is 4.39 Å². The van der Waals surface area contributed by atoms with Crippen LogP contribution < -0.4 is 5.32 Å². The van der Waals surface area contributed by atoms with Crippen LogP contribution in [0.2, 0.25) is 0 Å². The summed E-state index contributed by atoms with van der Waals surface area (Å²) in [6.07, 6.45) is 0.992. The molecule has 0 aliphatic carbocycles. The Kier molecular flexibility index (Phi) is 4.61. The van der Waals surface area contributed by atoms with Gasteiger partial charge in [0.15, 0.2) is 0 Å². The van der Waals surface area contributed by atoms with E-state index in [1.807, 2.05) is 30.9 Å². The third-order valence-electron chi connectivity index (χ3n) is 4.16. The maximum absolute atomic E-state index is 14.1. The van der Waals surface area contributed by atoms with Gasteiger partial charge < -0.3 is 5.32 Å². The lowest BCUT2D eigenvalue weighted by molar-refractivity contribution is 0.507. The predicted molar refractivity (Wildman–Crippen MR) is 87.6 cm³/mol. The molecular weight excluding hydrogens is 281 g/mol. The molecule has 110 valence electrons. The van der Waals surface area contributed by atoms with Gasteiger partial charge in [0.25, 0.3) is 0 Å². The second-order valence-corrected chi connectivity index (χ2v) is 6.62. The molecule has 1 aliphatic heterocycles. The third kappa shape index (κ3) is 3.14. The smallest absolute Gasteiger partial charge is 0.126 e. The highest BCUT2D eigenvalue weighted by Crippen LogP contribution is 2.43. The van der Waals surface area contributed by atoms with Crippen molar-refractivity contribution in [3.8, 4) is 0 Å². The lowest BCUT2D eigenvalue weighted by Crippen LogP contribution is -2.20. The minimum Gasteiger partial charge on any atom is -0.319 e. The molecule has 0 saturated carbocycles. The quantitative estimate of drug-likeness (QED) is 0.878. The van der Waals surface area contributed by atoms with Crippen molar-refractivity contribution in [3.05, 3.63) is 65.5 Å². The zero-order chi connectivity index (χ0) is 14.7. The first-order chi connectivity index (χ1) is 10.3. The summed E-state index contributed by atoms with van der Waals surface area (Å²) in [5.74, 6) is 1.75. The van der Waals surface area contributed by atoms with E-state index in [4.69, 9.17) is 0 Å². The van der Waals surface area contributed by atoms with Gasteiger partial charge in [0.1, 0.15) is 5.82 Å². The Labute approximate surface area is 130 Å². The van der Waals surface area contributed by atoms with Crippen LogP contribution in [-0.4, -0.2) is 19.3 Å². The van der Waals surface area contributed by atoms with Crippen molar-refractivity contribution in [3.63, 3.8) is 0 Å². The van der Waals surface area contributed by atoms with Crippen LogP contribution in [0.4, 0.5) is 4.39 Å². The molecule has 3 heteroatoms. The number of thioether (sulfide) groups is 1. The maximum Gasteiger partial charge on any atom is 0.126 e. The Bertz CT molecular complexity index is 614. The number of nitrogens with one attached hydrogen (secondary N) is 1. The van der Waals surface area contributed by atoms with Crippen molar-refractivity contribution in [2.24, 2.45) is 0 Å². The normalized spacial score (nSPS) is 18.5. The number of fused-ring (bicyclic) bond motifs is 1. The number of likely N-dealkylation sites (N-methyl/N-ethyl adjacent to an activating group) is 1. The second kappa shape index (κ2) is 6.63. The summed E-state index contributed by atoms with van der Waals surface area (Å²) in [6.45, 7) is 0.810. The zero-order valence-electron chi connectivity index (χ0n) is 12.2. The van der Waals surface area contributed by atoms with Crippen LogP contribution >= 0.6 is 11.8 Å². The molecule has 1 aliphatic rings. The molecule has 1 heterocycles. The molecule has 1 N–H and O–H groups in total. The molecule has 2 aromatic rings. The van der Waals surface area contributed by atoms with E-state index in [1.165, 1.54) is 10.5 Å². The van der Waals surface area contributed by atoms with Gasteiger partial charge in [0.2, 0.25) is 0 Å². The minimum atomic E-state index is -0.0864. The lowest BCUT2D eigenvalue weighted by atomic mass is 9.86. The van der Waals surface area contributed by atoms with E-state index < -0.39 is 0 Å². The Morgan fingerprint density at radius 3 is 2.76 bits per heavy atom. The van der Waals surface area contributed by atoms with E-state index in [0.29, 0.717) is 5.92 Å². The summed E-state index contributed by atoms with van der Waals surface area (Å²) in [6, 6.07) is 15.8. The molecule has 0 bridgehead atoms. The van der Waals surface area contributed by atoms with Gasteiger partial charge in [-0.15, -0.1) is 11.8 Å². The Morgan fingerprint density at radius 1 is 1.19 bits per heavy atom. The molecule has 0 aromatic heterocycles. The maximum atomic E-state index is 14.1. The summed E-state index contributed by atoms with van der Waals surface area (Å²) < 4.78 is 14.1. The van der Waals surface area contributed by atoms with Crippen LogP contribution in [0.15, 0.2) is 53.4 Å². The van der Waals surface area contributed by atoms with E-state index in [1.54, 1.807) is 12.1 Å². The molecule has 2 atom stereocenters. The molecule has 2 aromatic carbocycles. The minimum absolute atomic E-state index is 0.0864. The van der Waals surface area contributed by atoms with Crippen LogP contribution in [0.5, 0.6) is 0 Å². The largest absolute Gasteiger partial charge is 0.319 e. The van der Waals surface area contributed by atoms with E-state index in [9.17, 15) is 4.39 Å². The first kappa shape index (κ1) is 14.6. The first-order valence-corrected chi connectivity index (χ1v) is 8.39. The van der Waals surface area contributed by atoms with Crippen LogP contribution in [0.1, 0.15) is 29.4 Å². The Morgan fingerprint density at radius 2 is 1.95 bits per heavy atom. The zero-order valence-corrected chi connectivity index (χ0v) is 13.0. The van der Waals surface area contributed by atoms with Crippen molar-refractivity contribution in [2.75, 3.05) is 19.3 Å². The molecule has 21 heavy (non-hydrogen) atoms. The fraction of sp³-hybridized carbons (Fsp3) is 0.333. The average Bonchev–Trinajstić information content (AvgIpc) is 2.91. The highest BCUT2D eigenvalue weighted by Gasteiger charge is 2.27. The average molecular weight is 301 g/mol. The van der Waals surface area contributed by atoms with Gasteiger partial charge in [-0.2, -0.15) is 0 Å². The Balaban J connectivity index is 1.82. The molecule has 0 amide bonds. The van der Waals surface area contributed by atoms with Crippen molar-refractivity contribution in [1.29, 1.82) is 0 Å². The van der Waals surface area contributed by atoms with E-state index in [2.05, 4.69) is 29.6 Å². The van der Waals surface area contributed by atoms with Gasteiger partial charge in [-0.05, 0) is 48.6 Å². The van der Waals surface area contributed by atoms with Gasteiger partial charge in [-0.3, -0.25) is 0 Å². The van der Waals surface area contributed by atoms with E-state index in [-0.39, 0.29) is 11.7 Å². The van der Waals surface area contributed by atoms with Gasteiger partial charge in [0.05, 0.1) is 0 Å². The number of hydrogen-bond acceptors (Lipinski definition) is 2. The van der Waals surface area contributed by atoms with Gasteiger partial charge in [-0.25, -0.2) is 4.39 Å². The fourth-order valence-corrected chi connectivity index (χ4v) is 4.41. The van der Waals surface area contributed by atoms with Crippen LogP contribution in [0.3, 0.4) is 0 Å². The van der Waals surface area contributed by atoms with E-state index in [0.717, 1.165) is 24.3 Å². The highest BCUT2D eigenvalue weighted by atomic mass is 32.2. The summed E-state index contributed by atoms with van der Waals surface area (Å²) in [5, 5.41) is 3.22. The molecular formula is C18H20FNS. The van der Waals surface area contributed by atoms with Crippen LogP contribution in [0.25, 0.3) is 0 Å². The molecule has 0 radical (unpaired) electrons. The lowest BCUT2D eigenvalue weighted by Gasteiger charge is -2.21. The SMILES string of the molecule is CNCC(CC1CSc2ccccc21)c1ccccc1F. The monoisotopic (exact) mass is 301 g/mol. The molecule has 0 spiro atoms. The van der Waals surface area contributed by atoms with Crippen molar-refractivity contribution in [2.45, 2.75) is 23.2 Å². The van der Waals surface area contributed by atoms with Crippen LogP contribution in [-0.2, 0) is 0 Å². The summed E-state index contributed by atoms with van der Waals surface area (Å²) in [5.41, 5.74) is 2.26. The fourth-order valence-electron chi connectivity index (χ4n) is 3.14. The summed E-state index contributed by atoms with van der Waals surface area (Å²) >= 11 is 1.92. The topological polar surface area (TPSA) is 12.0 Å². The second-order valence-electron chi connectivity index (χ2n) is 5.56. The molecule has 0 saturated heterocycles. The number of halogens is 1. The van der Waals surface area contributed by atoms with Gasteiger partial charge in [0, 0.05) is 17.2 Å². The number of rotatable bonds is 5. The molecule has 0 fully saturated rings. The predicted octanol–water partition coefficient (Wildman–Crippen LogP) is 4.41. The third-order valence-corrected chi connectivity index (χ3v) is 5.42. The van der Waals surface area contributed by atoms with Crippen molar-refractivity contribution >= 4 is 11.8 Å². The summed E-state index contributed by atoms with van der Waals surface area (Å²) in [7, 11) is 1.94. The summed E-state index contributed by atoms with van der Waals surface area (Å²) in [4.78, 5) is 1.39. The van der Waals surface area contributed by atoms with Gasteiger partial charge >= 0.3 is 0 Å². The number of benzene rings is 2. The molecule has 2 unspecified atom stereocenters.